The smallest absolute Gasteiger partial charge is 0.339 e. The second-order valence-electron chi connectivity index (χ2n) is 5.26. The normalized spacial score (nSPS) is 22.0. The van der Waals surface area contributed by atoms with Crippen molar-refractivity contribution in [3.63, 3.8) is 0 Å². The molecule has 2 rings (SSSR count). The molecule has 1 aromatic carbocycles. The summed E-state index contributed by atoms with van der Waals surface area (Å²) in [6.07, 6.45) is 4.49. The molecule has 2 nitrogen and oxygen atoms in total. The summed E-state index contributed by atoms with van der Waals surface area (Å²) in [5.74, 6) is -0.221. The van der Waals surface area contributed by atoms with Crippen molar-refractivity contribution >= 4 is 11.5 Å². The second kappa shape index (κ2) is 5.43. The quantitative estimate of drug-likeness (QED) is 0.585. The van der Waals surface area contributed by atoms with Crippen molar-refractivity contribution < 1.29 is 9.53 Å². The van der Waals surface area contributed by atoms with Crippen molar-refractivity contribution in [2.45, 2.75) is 38.7 Å². The van der Waals surface area contributed by atoms with Gasteiger partial charge in [-0.1, -0.05) is 55.8 Å². The molecule has 1 aliphatic heterocycles. The Kier molecular flexibility index (Phi) is 3.89. The van der Waals surface area contributed by atoms with Crippen LogP contribution in [0.15, 0.2) is 48.6 Å². The predicted octanol–water partition coefficient (Wildman–Crippen LogP) is 4.13. The number of benzene rings is 1. The van der Waals surface area contributed by atoms with Crippen LogP contribution >= 0.6 is 0 Å². The third-order valence-electron chi connectivity index (χ3n) is 3.28. The molecular weight excluding hydrogens is 236 g/mol. The van der Waals surface area contributed by atoms with E-state index in [9.17, 15) is 4.79 Å². The SMILES string of the molecule is C=C(C)C[C@]1(CCC)C=C(c2ccccc2)C(=O)O1. The molecule has 0 radical (unpaired) electrons. The summed E-state index contributed by atoms with van der Waals surface area (Å²) in [5, 5.41) is 0. The fourth-order valence-corrected chi connectivity index (χ4v) is 2.64. The second-order valence-corrected chi connectivity index (χ2v) is 5.26. The van der Waals surface area contributed by atoms with Crippen LogP contribution in [0.2, 0.25) is 0 Å². The van der Waals surface area contributed by atoms with Gasteiger partial charge in [0, 0.05) is 6.42 Å². The van der Waals surface area contributed by atoms with Gasteiger partial charge in [-0.05, 0) is 25.0 Å². The third-order valence-corrected chi connectivity index (χ3v) is 3.28. The summed E-state index contributed by atoms with van der Waals surface area (Å²) in [6.45, 7) is 8.02. The lowest BCUT2D eigenvalue weighted by atomic mass is 9.89. The Labute approximate surface area is 114 Å². The van der Waals surface area contributed by atoms with Gasteiger partial charge in [0.05, 0.1) is 5.57 Å². The highest BCUT2D eigenvalue weighted by Crippen LogP contribution is 2.38. The molecule has 0 amide bonds. The Morgan fingerprint density at radius 1 is 1.32 bits per heavy atom. The summed E-state index contributed by atoms with van der Waals surface area (Å²) in [6, 6.07) is 9.69. The molecule has 1 heterocycles. The van der Waals surface area contributed by atoms with E-state index < -0.39 is 5.60 Å². The number of carbonyl (C=O) groups is 1. The largest absolute Gasteiger partial charge is 0.451 e. The van der Waals surface area contributed by atoms with Gasteiger partial charge in [0.15, 0.2) is 0 Å². The lowest BCUT2D eigenvalue weighted by molar-refractivity contribution is -0.145. The fourth-order valence-electron chi connectivity index (χ4n) is 2.64. The molecule has 0 bridgehead atoms. The number of cyclic esters (lactones) is 1. The van der Waals surface area contributed by atoms with Crippen LogP contribution < -0.4 is 0 Å². The molecular formula is C17H20O2. The lowest BCUT2D eigenvalue weighted by Crippen LogP contribution is -2.28. The molecule has 0 spiro atoms. The van der Waals surface area contributed by atoms with Crippen molar-refractivity contribution in [3.8, 4) is 0 Å². The molecule has 1 aliphatic rings. The highest BCUT2D eigenvalue weighted by atomic mass is 16.6. The highest BCUT2D eigenvalue weighted by Gasteiger charge is 2.39. The van der Waals surface area contributed by atoms with Crippen LogP contribution in [0.3, 0.4) is 0 Å². The van der Waals surface area contributed by atoms with Crippen LogP contribution in [-0.2, 0) is 9.53 Å². The van der Waals surface area contributed by atoms with E-state index in [1.165, 1.54) is 0 Å². The molecule has 2 heteroatoms. The van der Waals surface area contributed by atoms with Crippen LogP contribution in [0.4, 0.5) is 0 Å². The monoisotopic (exact) mass is 256 g/mol. The molecule has 1 aromatic rings. The number of ether oxygens (including phenoxy) is 1. The van der Waals surface area contributed by atoms with Gasteiger partial charge >= 0.3 is 5.97 Å². The molecule has 0 N–H and O–H groups in total. The van der Waals surface area contributed by atoms with Gasteiger partial charge < -0.3 is 4.74 Å². The first-order valence-electron chi connectivity index (χ1n) is 6.72. The van der Waals surface area contributed by atoms with Crippen molar-refractivity contribution in [2.75, 3.05) is 0 Å². The van der Waals surface area contributed by atoms with Crippen molar-refractivity contribution in [2.24, 2.45) is 0 Å². The molecule has 1 atom stereocenters. The maximum Gasteiger partial charge on any atom is 0.339 e. The van der Waals surface area contributed by atoms with Crippen LogP contribution in [-0.4, -0.2) is 11.6 Å². The van der Waals surface area contributed by atoms with Crippen LogP contribution in [0.25, 0.3) is 5.57 Å². The number of rotatable bonds is 5. The highest BCUT2D eigenvalue weighted by molar-refractivity contribution is 6.18. The van der Waals surface area contributed by atoms with E-state index in [4.69, 9.17) is 4.74 Å². The van der Waals surface area contributed by atoms with Crippen LogP contribution in [0, 0.1) is 0 Å². The fraction of sp³-hybridized carbons (Fsp3) is 0.353. The Bertz CT molecular complexity index is 513. The minimum Gasteiger partial charge on any atom is -0.451 e. The molecule has 19 heavy (non-hydrogen) atoms. The lowest BCUT2D eigenvalue weighted by Gasteiger charge is -2.26. The minimum absolute atomic E-state index is 0.221. The van der Waals surface area contributed by atoms with E-state index in [-0.39, 0.29) is 5.97 Å². The summed E-state index contributed by atoms with van der Waals surface area (Å²) in [5.41, 5.74) is 2.14. The standard InChI is InChI=1S/C17H20O2/c1-4-10-17(11-13(2)3)12-15(16(18)19-17)14-8-6-5-7-9-14/h5-9,12H,2,4,10-11H2,1,3H3/t17-/m1/s1. The third kappa shape index (κ3) is 2.95. The molecule has 0 aromatic heterocycles. The number of hydrogen-bond donors (Lipinski definition) is 0. The summed E-state index contributed by atoms with van der Waals surface area (Å²) in [7, 11) is 0. The topological polar surface area (TPSA) is 26.3 Å². The first-order chi connectivity index (χ1) is 9.06. The number of carbonyl (C=O) groups excluding carboxylic acids is 1. The van der Waals surface area contributed by atoms with E-state index >= 15 is 0 Å². The van der Waals surface area contributed by atoms with E-state index in [0.717, 1.165) is 24.0 Å². The van der Waals surface area contributed by atoms with Gasteiger partial charge in [-0.15, -0.1) is 0 Å². The van der Waals surface area contributed by atoms with Gasteiger partial charge in [0.1, 0.15) is 5.60 Å². The van der Waals surface area contributed by atoms with E-state index in [2.05, 4.69) is 13.5 Å². The molecule has 0 saturated carbocycles. The molecule has 0 unspecified atom stereocenters. The molecule has 0 fully saturated rings. The first kappa shape index (κ1) is 13.6. The first-order valence-corrected chi connectivity index (χ1v) is 6.72. The van der Waals surface area contributed by atoms with Crippen molar-refractivity contribution in [1.29, 1.82) is 0 Å². The van der Waals surface area contributed by atoms with Crippen LogP contribution in [0.1, 0.15) is 38.7 Å². The average molecular weight is 256 g/mol. The number of hydrogen-bond acceptors (Lipinski definition) is 2. The summed E-state index contributed by atoms with van der Waals surface area (Å²) in [4.78, 5) is 12.1. The maximum atomic E-state index is 12.1. The number of esters is 1. The van der Waals surface area contributed by atoms with E-state index in [1.54, 1.807) is 0 Å². The Hall–Kier alpha value is -1.83. The Morgan fingerprint density at radius 3 is 2.58 bits per heavy atom. The average Bonchev–Trinajstić information content (AvgIpc) is 2.67. The summed E-state index contributed by atoms with van der Waals surface area (Å²) >= 11 is 0. The van der Waals surface area contributed by atoms with Gasteiger partial charge in [-0.2, -0.15) is 0 Å². The van der Waals surface area contributed by atoms with Gasteiger partial charge in [-0.25, -0.2) is 4.79 Å². The zero-order valence-corrected chi connectivity index (χ0v) is 11.6. The minimum atomic E-state index is -0.497. The molecule has 0 aliphatic carbocycles. The summed E-state index contributed by atoms with van der Waals surface area (Å²) < 4.78 is 5.67. The molecule has 100 valence electrons. The van der Waals surface area contributed by atoms with Gasteiger partial charge in [0.25, 0.3) is 0 Å². The Morgan fingerprint density at radius 2 is 2.00 bits per heavy atom. The molecule has 0 saturated heterocycles. The van der Waals surface area contributed by atoms with E-state index in [0.29, 0.717) is 12.0 Å². The van der Waals surface area contributed by atoms with Gasteiger partial charge in [0.2, 0.25) is 0 Å². The van der Waals surface area contributed by atoms with Crippen molar-refractivity contribution in [3.05, 3.63) is 54.1 Å². The predicted molar refractivity (Wildman–Crippen MR) is 77.6 cm³/mol. The zero-order chi connectivity index (χ0) is 13.9. The zero-order valence-electron chi connectivity index (χ0n) is 11.6. The maximum absolute atomic E-state index is 12.1. The van der Waals surface area contributed by atoms with E-state index in [1.807, 2.05) is 43.3 Å². The van der Waals surface area contributed by atoms with Gasteiger partial charge in [-0.3, -0.25) is 0 Å². The van der Waals surface area contributed by atoms with Crippen LogP contribution in [0.5, 0.6) is 0 Å². The van der Waals surface area contributed by atoms with Crippen molar-refractivity contribution in [1.82, 2.24) is 0 Å². The Balaban J connectivity index is 2.36.